The number of likely N-dealkylation sites (tertiary alicyclic amines) is 1. The van der Waals surface area contributed by atoms with Crippen LogP contribution in [0.25, 0.3) is 11.2 Å². The second kappa shape index (κ2) is 11.1. The summed E-state index contributed by atoms with van der Waals surface area (Å²) >= 11 is 5.96. The highest BCUT2D eigenvalue weighted by Crippen LogP contribution is 2.49. The van der Waals surface area contributed by atoms with Crippen molar-refractivity contribution in [2.45, 2.75) is 57.6 Å². The molecule has 0 spiro atoms. The SMILES string of the molecule is COC(C)Cn1c(CN2CCC(c3cccc4c3O[C@@](C)(c3ccc(Cl)cc3F)O4)CC2)nc2cc(C(N)=O)nnc21. The lowest BCUT2D eigenvalue weighted by Gasteiger charge is -2.32. The minimum absolute atomic E-state index is 0.0704. The van der Waals surface area contributed by atoms with E-state index in [2.05, 4.69) is 21.2 Å². The number of ether oxygens (including phenoxy) is 3. The van der Waals surface area contributed by atoms with E-state index < -0.39 is 17.5 Å². The molecule has 4 heterocycles. The molecule has 220 valence electrons. The average molecular weight is 595 g/mol. The lowest BCUT2D eigenvalue weighted by molar-refractivity contribution is -0.0712. The number of hydrogen-bond acceptors (Lipinski definition) is 8. The zero-order chi connectivity index (χ0) is 29.6. The van der Waals surface area contributed by atoms with Gasteiger partial charge in [0.1, 0.15) is 17.2 Å². The summed E-state index contributed by atoms with van der Waals surface area (Å²) < 4.78 is 34.8. The van der Waals surface area contributed by atoms with Gasteiger partial charge in [0.05, 0.1) is 24.8 Å². The first-order chi connectivity index (χ1) is 20.1. The van der Waals surface area contributed by atoms with E-state index in [1.807, 2.05) is 23.6 Å². The quantitative estimate of drug-likeness (QED) is 0.310. The molecule has 1 fully saturated rings. The van der Waals surface area contributed by atoms with Crippen molar-refractivity contribution in [1.82, 2.24) is 24.6 Å². The number of para-hydroxylation sites is 1. The molecule has 0 bridgehead atoms. The van der Waals surface area contributed by atoms with E-state index in [0.717, 1.165) is 37.3 Å². The van der Waals surface area contributed by atoms with Gasteiger partial charge in [0.25, 0.3) is 11.7 Å². The van der Waals surface area contributed by atoms with Gasteiger partial charge in [-0.3, -0.25) is 9.69 Å². The van der Waals surface area contributed by atoms with Gasteiger partial charge in [-0.1, -0.05) is 23.7 Å². The zero-order valence-electron chi connectivity index (χ0n) is 23.6. The highest BCUT2D eigenvalue weighted by Gasteiger charge is 2.43. The standard InChI is InChI=1S/C30H32ClFN6O4/c1-17(40-3)15-38-26(34-24-14-23(28(33)39)35-36-29(24)38)16-37-11-9-18(10-12-37)20-5-4-6-25-27(20)42-30(2,41-25)21-8-7-19(31)13-22(21)32/h4-8,13-14,17-18H,9-12,15-16H2,1-3H3,(H2,33,39)/t17?,30-/m0/s1. The van der Waals surface area contributed by atoms with Crippen molar-refractivity contribution in [3.8, 4) is 11.5 Å². The van der Waals surface area contributed by atoms with Gasteiger partial charge in [0, 0.05) is 30.7 Å². The minimum Gasteiger partial charge on any atom is -0.444 e. The van der Waals surface area contributed by atoms with E-state index in [-0.39, 0.29) is 17.7 Å². The number of aromatic nitrogens is 4. The van der Waals surface area contributed by atoms with Gasteiger partial charge in [-0.15, -0.1) is 10.2 Å². The number of fused-ring (bicyclic) bond motifs is 2. The lowest BCUT2D eigenvalue weighted by Crippen LogP contribution is -2.34. The summed E-state index contributed by atoms with van der Waals surface area (Å²) in [6.07, 6.45) is 1.72. The number of primary amides is 1. The predicted molar refractivity (Wildman–Crippen MR) is 154 cm³/mol. The van der Waals surface area contributed by atoms with Crippen LogP contribution < -0.4 is 15.2 Å². The molecule has 12 heteroatoms. The number of methoxy groups -OCH3 is 1. The maximum atomic E-state index is 14.8. The number of piperidine rings is 1. The van der Waals surface area contributed by atoms with E-state index in [1.54, 1.807) is 32.2 Å². The number of rotatable bonds is 8. The highest BCUT2D eigenvalue weighted by atomic mass is 35.5. The summed E-state index contributed by atoms with van der Waals surface area (Å²) in [7, 11) is 1.66. The first kappa shape index (κ1) is 28.3. The van der Waals surface area contributed by atoms with Gasteiger partial charge in [0.15, 0.2) is 22.8 Å². The Morgan fingerprint density at radius 1 is 1.21 bits per heavy atom. The molecule has 2 atom stereocenters. The van der Waals surface area contributed by atoms with Crippen LogP contribution in [-0.4, -0.2) is 56.9 Å². The molecule has 10 nitrogen and oxygen atoms in total. The van der Waals surface area contributed by atoms with Gasteiger partial charge in [0.2, 0.25) is 0 Å². The summed E-state index contributed by atoms with van der Waals surface area (Å²) in [6, 6.07) is 11.9. The fourth-order valence-electron chi connectivity index (χ4n) is 5.78. The summed E-state index contributed by atoms with van der Waals surface area (Å²) in [6.45, 7) is 6.51. The fraction of sp³-hybridized carbons (Fsp3) is 0.400. The van der Waals surface area contributed by atoms with Gasteiger partial charge in [-0.2, -0.15) is 0 Å². The monoisotopic (exact) mass is 594 g/mol. The first-order valence-corrected chi connectivity index (χ1v) is 14.3. The number of nitrogens with zero attached hydrogens (tertiary/aromatic N) is 5. The fourth-order valence-corrected chi connectivity index (χ4v) is 5.93. The molecule has 1 unspecified atom stereocenters. The number of hydrogen-bond donors (Lipinski definition) is 1. The smallest absolute Gasteiger partial charge is 0.278 e. The normalized spacial score (nSPS) is 19.8. The van der Waals surface area contributed by atoms with Crippen LogP contribution in [0.2, 0.25) is 5.02 Å². The first-order valence-electron chi connectivity index (χ1n) is 13.9. The number of carbonyl (C=O) groups is 1. The Bertz CT molecular complexity index is 1660. The Morgan fingerprint density at radius 2 is 2.00 bits per heavy atom. The van der Waals surface area contributed by atoms with Crippen LogP contribution in [0.3, 0.4) is 0 Å². The van der Waals surface area contributed by atoms with Crippen LogP contribution in [0.5, 0.6) is 11.5 Å². The Kier molecular flexibility index (Phi) is 7.50. The molecule has 0 saturated carbocycles. The number of nitrogens with two attached hydrogens (primary N) is 1. The van der Waals surface area contributed by atoms with Crippen LogP contribution in [0.1, 0.15) is 60.0 Å². The van der Waals surface area contributed by atoms with Crippen molar-refractivity contribution >= 4 is 28.7 Å². The van der Waals surface area contributed by atoms with E-state index in [1.165, 1.54) is 6.07 Å². The summed E-state index contributed by atoms with van der Waals surface area (Å²) in [4.78, 5) is 18.8. The molecular formula is C30H32ClFN6O4. The maximum absolute atomic E-state index is 14.8. The molecule has 0 radical (unpaired) electrons. The largest absolute Gasteiger partial charge is 0.444 e. The molecule has 2 N–H and O–H groups in total. The third-order valence-corrected chi connectivity index (χ3v) is 8.33. The van der Waals surface area contributed by atoms with Crippen molar-refractivity contribution in [2.75, 3.05) is 20.2 Å². The molecule has 2 aliphatic rings. The second-order valence-electron chi connectivity index (χ2n) is 11.0. The number of halogens is 2. The molecule has 42 heavy (non-hydrogen) atoms. The van der Waals surface area contributed by atoms with E-state index in [9.17, 15) is 9.18 Å². The average Bonchev–Trinajstić information content (AvgIpc) is 3.49. The maximum Gasteiger partial charge on any atom is 0.278 e. The van der Waals surface area contributed by atoms with Crippen LogP contribution >= 0.6 is 11.6 Å². The van der Waals surface area contributed by atoms with Crippen LogP contribution in [0.15, 0.2) is 42.5 Å². The summed E-state index contributed by atoms with van der Waals surface area (Å²) in [5.74, 6) is -0.0848. The molecule has 4 aromatic rings. The van der Waals surface area contributed by atoms with E-state index in [4.69, 9.17) is 36.5 Å². The molecule has 6 rings (SSSR count). The minimum atomic E-state index is -1.29. The second-order valence-corrected chi connectivity index (χ2v) is 11.4. The van der Waals surface area contributed by atoms with Crippen molar-refractivity contribution in [1.29, 1.82) is 0 Å². The Labute approximate surface area is 247 Å². The Morgan fingerprint density at radius 3 is 2.71 bits per heavy atom. The zero-order valence-corrected chi connectivity index (χ0v) is 24.4. The van der Waals surface area contributed by atoms with Crippen LogP contribution in [0, 0.1) is 5.82 Å². The summed E-state index contributed by atoms with van der Waals surface area (Å²) in [5.41, 5.74) is 8.00. The third kappa shape index (κ3) is 5.28. The predicted octanol–water partition coefficient (Wildman–Crippen LogP) is 4.78. The summed E-state index contributed by atoms with van der Waals surface area (Å²) in [5, 5.41) is 8.55. The number of amides is 1. The van der Waals surface area contributed by atoms with E-state index in [0.29, 0.717) is 46.3 Å². The van der Waals surface area contributed by atoms with Gasteiger partial charge in [-0.05, 0) is 63.0 Å². The molecule has 2 aromatic heterocycles. The Balaban J connectivity index is 1.19. The molecule has 1 amide bonds. The molecule has 2 aliphatic heterocycles. The van der Waals surface area contributed by atoms with Crippen molar-refractivity contribution in [3.05, 3.63) is 75.9 Å². The van der Waals surface area contributed by atoms with Gasteiger partial charge >= 0.3 is 0 Å². The molecular weight excluding hydrogens is 563 g/mol. The van der Waals surface area contributed by atoms with Gasteiger partial charge < -0.3 is 24.5 Å². The number of carbonyl (C=O) groups excluding carboxylic acids is 1. The van der Waals surface area contributed by atoms with Crippen molar-refractivity contribution in [2.24, 2.45) is 5.73 Å². The molecule has 0 aliphatic carbocycles. The topological polar surface area (TPSA) is 118 Å². The lowest BCUT2D eigenvalue weighted by atomic mass is 9.88. The van der Waals surface area contributed by atoms with Crippen molar-refractivity contribution in [3.63, 3.8) is 0 Å². The van der Waals surface area contributed by atoms with Crippen molar-refractivity contribution < 1.29 is 23.4 Å². The number of benzene rings is 2. The number of imidazole rings is 1. The van der Waals surface area contributed by atoms with Crippen LogP contribution in [-0.2, 0) is 23.6 Å². The highest BCUT2D eigenvalue weighted by molar-refractivity contribution is 6.30. The third-order valence-electron chi connectivity index (χ3n) is 8.09. The molecule has 2 aromatic carbocycles. The Hall–Kier alpha value is -3.80. The van der Waals surface area contributed by atoms with Gasteiger partial charge in [-0.25, -0.2) is 9.37 Å². The molecule has 1 saturated heterocycles. The van der Waals surface area contributed by atoms with Crippen LogP contribution in [0.4, 0.5) is 4.39 Å². The van der Waals surface area contributed by atoms with E-state index >= 15 is 0 Å².